The molecule has 0 heterocycles. The SMILES string of the molecule is Brc1ccc(-c2ccc3ccccc3c2Nc2ccccc2)cc1. The van der Waals surface area contributed by atoms with Gasteiger partial charge >= 0.3 is 0 Å². The first-order valence-electron chi connectivity index (χ1n) is 7.91. The maximum atomic E-state index is 3.62. The number of hydrogen-bond donors (Lipinski definition) is 1. The molecule has 0 unspecified atom stereocenters. The molecule has 0 spiro atoms. The zero-order chi connectivity index (χ0) is 16.4. The predicted molar refractivity (Wildman–Crippen MR) is 107 cm³/mol. The average molecular weight is 374 g/mol. The lowest BCUT2D eigenvalue weighted by molar-refractivity contribution is 1.55. The summed E-state index contributed by atoms with van der Waals surface area (Å²) in [5, 5.41) is 6.07. The molecule has 1 nitrogen and oxygen atoms in total. The van der Waals surface area contributed by atoms with Crippen molar-refractivity contribution in [1.29, 1.82) is 0 Å². The Bertz CT molecular complexity index is 976. The van der Waals surface area contributed by atoms with E-state index in [4.69, 9.17) is 0 Å². The van der Waals surface area contributed by atoms with Crippen molar-refractivity contribution in [2.45, 2.75) is 0 Å². The lowest BCUT2D eigenvalue weighted by atomic mass is 9.98. The van der Waals surface area contributed by atoms with E-state index in [0.717, 1.165) is 15.8 Å². The maximum Gasteiger partial charge on any atom is 0.0543 e. The highest BCUT2D eigenvalue weighted by Gasteiger charge is 2.10. The van der Waals surface area contributed by atoms with Crippen molar-refractivity contribution in [3.05, 3.63) is 95.5 Å². The van der Waals surface area contributed by atoms with E-state index in [1.54, 1.807) is 0 Å². The van der Waals surface area contributed by atoms with Crippen molar-refractivity contribution in [3.8, 4) is 11.1 Å². The third kappa shape index (κ3) is 2.93. The van der Waals surface area contributed by atoms with Gasteiger partial charge in [-0.3, -0.25) is 0 Å². The van der Waals surface area contributed by atoms with Crippen LogP contribution in [0, 0.1) is 0 Å². The first-order valence-corrected chi connectivity index (χ1v) is 8.70. The normalized spacial score (nSPS) is 10.7. The Labute approximate surface area is 150 Å². The summed E-state index contributed by atoms with van der Waals surface area (Å²) < 4.78 is 1.09. The van der Waals surface area contributed by atoms with Crippen LogP contribution in [0.2, 0.25) is 0 Å². The Kier molecular flexibility index (Phi) is 4.06. The zero-order valence-electron chi connectivity index (χ0n) is 13.0. The van der Waals surface area contributed by atoms with Gasteiger partial charge in [0, 0.05) is 21.1 Å². The summed E-state index contributed by atoms with van der Waals surface area (Å²) in [5.41, 5.74) is 4.63. The molecule has 2 heteroatoms. The molecule has 0 radical (unpaired) electrons. The topological polar surface area (TPSA) is 12.0 Å². The summed E-state index contributed by atoms with van der Waals surface area (Å²) in [7, 11) is 0. The van der Waals surface area contributed by atoms with Crippen LogP contribution in [0.4, 0.5) is 11.4 Å². The maximum absolute atomic E-state index is 3.62. The summed E-state index contributed by atoms with van der Waals surface area (Å²) in [6.07, 6.45) is 0. The summed E-state index contributed by atoms with van der Waals surface area (Å²) in [6.45, 7) is 0. The van der Waals surface area contributed by atoms with Crippen molar-refractivity contribution in [1.82, 2.24) is 0 Å². The molecule has 4 rings (SSSR count). The third-order valence-corrected chi connectivity index (χ3v) is 4.66. The Morgan fingerprint density at radius 1 is 0.625 bits per heavy atom. The molecule has 0 aliphatic rings. The van der Waals surface area contributed by atoms with E-state index in [2.05, 4.69) is 94.0 Å². The molecule has 24 heavy (non-hydrogen) atoms. The Morgan fingerprint density at radius 3 is 2.12 bits per heavy atom. The standard InChI is InChI=1S/C22H16BrN/c23-18-13-10-17(11-14-18)21-15-12-16-6-4-5-9-20(16)22(21)24-19-7-2-1-3-8-19/h1-15,24H. The van der Waals surface area contributed by atoms with E-state index in [1.807, 2.05) is 18.2 Å². The number of nitrogens with one attached hydrogen (secondary N) is 1. The highest BCUT2D eigenvalue weighted by atomic mass is 79.9. The van der Waals surface area contributed by atoms with Crippen molar-refractivity contribution < 1.29 is 0 Å². The van der Waals surface area contributed by atoms with Crippen LogP contribution in [-0.2, 0) is 0 Å². The van der Waals surface area contributed by atoms with E-state index in [-0.39, 0.29) is 0 Å². The Morgan fingerprint density at radius 2 is 1.33 bits per heavy atom. The average Bonchev–Trinajstić information content (AvgIpc) is 2.64. The van der Waals surface area contributed by atoms with Crippen LogP contribution >= 0.6 is 15.9 Å². The van der Waals surface area contributed by atoms with Crippen LogP contribution < -0.4 is 5.32 Å². The molecular formula is C22H16BrN. The second kappa shape index (κ2) is 6.50. The number of fused-ring (bicyclic) bond motifs is 1. The molecule has 0 atom stereocenters. The van der Waals surface area contributed by atoms with E-state index in [0.29, 0.717) is 0 Å². The van der Waals surface area contributed by atoms with Crippen molar-refractivity contribution >= 4 is 38.1 Å². The van der Waals surface area contributed by atoms with Gasteiger partial charge in [-0.1, -0.05) is 82.7 Å². The zero-order valence-corrected chi connectivity index (χ0v) is 14.6. The molecule has 0 aliphatic carbocycles. The van der Waals surface area contributed by atoms with Crippen LogP contribution in [-0.4, -0.2) is 0 Å². The lowest BCUT2D eigenvalue weighted by Crippen LogP contribution is -1.95. The fourth-order valence-electron chi connectivity index (χ4n) is 2.94. The highest BCUT2D eigenvalue weighted by molar-refractivity contribution is 9.10. The van der Waals surface area contributed by atoms with Gasteiger partial charge in [0.25, 0.3) is 0 Å². The molecule has 116 valence electrons. The first kappa shape index (κ1) is 15.0. The molecule has 0 fully saturated rings. The van der Waals surface area contributed by atoms with Gasteiger partial charge in [0.2, 0.25) is 0 Å². The minimum atomic E-state index is 1.09. The van der Waals surface area contributed by atoms with Crippen molar-refractivity contribution in [2.75, 3.05) is 5.32 Å². The molecule has 0 saturated heterocycles. The number of hydrogen-bond acceptors (Lipinski definition) is 1. The molecule has 0 amide bonds. The Hall–Kier alpha value is -2.58. The molecule has 0 bridgehead atoms. The second-order valence-corrected chi connectivity index (χ2v) is 6.62. The minimum absolute atomic E-state index is 1.09. The molecule has 0 aromatic heterocycles. The molecule has 4 aromatic rings. The van der Waals surface area contributed by atoms with Gasteiger partial charge in [-0.15, -0.1) is 0 Å². The van der Waals surface area contributed by atoms with E-state index in [1.165, 1.54) is 21.9 Å². The summed E-state index contributed by atoms with van der Waals surface area (Å²) in [6, 6.07) is 31.6. The van der Waals surface area contributed by atoms with E-state index in [9.17, 15) is 0 Å². The van der Waals surface area contributed by atoms with Gasteiger partial charge < -0.3 is 5.32 Å². The fraction of sp³-hybridized carbons (Fsp3) is 0. The monoisotopic (exact) mass is 373 g/mol. The number of rotatable bonds is 3. The van der Waals surface area contributed by atoms with Crippen LogP contribution in [0.1, 0.15) is 0 Å². The molecule has 0 saturated carbocycles. The quantitative estimate of drug-likeness (QED) is 0.407. The summed E-state index contributed by atoms with van der Waals surface area (Å²) in [4.78, 5) is 0. The van der Waals surface area contributed by atoms with Crippen molar-refractivity contribution in [3.63, 3.8) is 0 Å². The Balaban J connectivity index is 1.92. The number of halogens is 1. The molecular weight excluding hydrogens is 358 g/mol. The second-order valence-electron chi connectivity index (χ2n) is 5.71. The van der Waals surface area contributed by atoms with Crippen LogP contribution in [0.25, 0.3) is 21.9 Å². The van der Waals surface area contributed by atoms with Gasteiger partial charge in [-0.05, 0) is 35.2 Å². The first-order chi connectivity index (χ1) is 11.8. The van der Waals surface area contributed by atoms with Crippen LogP contribution in [0.3, 0.4) is 0 Å². The number of para-hydroxylation sites is 1. The van der Waals surface area contributed by atoms with Crippen LogP contribution in [0.15, 0.2) is 95.5 Å². The lowest BCUT2D eigenvalue weighted by Gasteiger charge is -2.16. The van der Waals surface area contributed by atoms with Gasteiger partial charge in [0.1, 0.15) is 0 Å². The van der Waals surface area contributed by atoms with E-state index < -0.39 is 0 Å². The molecule has 4 aromatic carbocycles. The largest absolute Gasteiger partial charge is 0.355 e. The summed E-state index contributed by atoms with van der Waals surface area (Å²) >= 11 is 3.51. The summed E-state index contributed by atoms with van der Waals surface area (Å²) in [5.74, 6) is 0. The van der Waals surface area contributed by atoms with Crippen LogP contribution in [0.5, 0.6) is 0 Å². The number of anilines is 2. The minimum Gasteiger partial charge on any atom is -0.355 e. The molecule has 1 N–H and O–H groups in total. The number of benzene rings is 4. The molecule has 0 aliphatic heterocycles. The smallest absolute Gasteiger partial charge is 0.0543 e. The third-order valence-electron chi connectivity index (χ3n) is 4.13. The van der Waals surface area contributed by atoms with Crippen molar-refractivity contribution in [2.24, 2.45) is 0 Å². The predicted octanol–water partition coefficient (Wildman–Crippen LogP) is 7.01. The fourth-order valence-corrected chi connectivity index (χ4v) is 3.21. The van der Waals surface area contributed by atoms with Gasteiger partial charge in [0.05, 0.1) is 5.69 Å². The van der Waals surface area contributed by atoms with Gasteiger partial charge in [-0.25, -0.2) is 0 Å². The van der Waals surface area contributed by atoms with E-state index >= 15 is 0 Å². The van der Waals surface area contributed by atoms with Gasteiger partial charge in [0.15, 0.2) is 0 Å². The van der Waals surface area contributed by atoms with Gasteiger partial charge in [-0.2, -0.15) is 0 Å². The highest BCUT2D eigenvalue weighted by Crippen LogP contribution is 2.37.